The molecule has 102 valence electrons. The number of rotatable bonds is 3. The van der Waals surface area contributed by atoms with E-state index >= 15 is 0 Å². The largest absolute Gasteiger partial charge is 0.294 e. The highest BCUT2D eigenvalue weighted by Gasteiger charge is 2.21. The second-order valence-electron chi connectivity index (χ2n) is 3.96. The summed E-state index contributed by atoms with van der Waals surface area (Å²) in [6.45, 7) is 0. The average Bonchev–Trinajstić information content (AvgIpc) is 2.25. The summed E-state index contributed by atoms with van der Waals surface area (Å²) in [5.41, 5.74) is -0.150. The van der Waals surface area contributed by atoms with Crippen molar-refractivity contribution in [2.75, 3.05) is 0 Å². The molecule has 0 aliphatic carbocycles. The van der Waals surface area contributed by atoms with Crippen LogP contribution in [0.3, 0.4) is 0 Å². The van der Waals surface area contributed by atoms with Gasteiger partial charge in [-0.1, -0.05) is 30.3 Å². The molecule has 0 amide bonds. The zero-order chi connectivity index (χ0) is 14.3. The maximum Gasteiger partial charge on any atom is 0.294 e. The molecule has 19 heavy (non-hydrogen) atoms. The summed E-state index contributed by atoms with van der Waals surface area (Å²) in [4.78, 5) is -0.524. The molecule has 2 aromatic rings. The van der Waals surface area contributed by atoms with Crippen LogP contribution >= 0.6 is 0 Å². The Bertz CT molecular complexity index is 837. The first-order valence-corrected chi connectivity index (χ1v) is 8.17. The first-order chi connectivity index (χ1) is 8.68. The van der Waals surface area contributed by atoms with Crippen molar-refractivity contribution in [1.29, 1.82) is 0 Å². The topological polar surface area (TPSA) is 109 Å². The van der Waals surface area contributed by atoms with Crippen LogP contribution in [0.4, 0.5) is 0 Å². The van der Waals surface area contributed by atoms with Gasteiger partial charge in [0.05, 0.1) is 4.90 Å². The van der Waals surface area contributed by atoms with Crippen molar-refractivity contribution in [3.8, 4) is 0 Å². The molecule has 0 unspecified atom stereocenters. The molecule has 6 nitrogen and oxygen atoms in total. The fourth-order valence-corrected chi connectivity index (χ4v) is 3.39. The van der Waals surface area contributed by atoms with E-state index in [1.165, 1.54) is 12.1 Å². The molecule has 0 heterocycles. The molecule has 0 saturated carbocycles. The quantitative estimate of drug-likeness (QED) is 0.831. The van der Waals surface area contributed by atoms with Gasteiger partial charge in [0, 0.05) is 0 Å². The molecule has 0 aromatic heterocycles. The van der Waals surface area contributed by atoms with Gasteiger partial charge >= 0.3 is 0 Å². The molecule has 2 rings (SSSR count). The first-order valence-electron chi connectivity index (χ1n) is 5.12. The number of hydrogen-bond donors (Lipinski definition) is 2. The summed E-state index contributed by atoms with van der Waals surface area (Å²) in [5.74, 6) is -0.885. The highest BCUT2D eigenvalue weighted by atomic mass is 32.2. The second-order valence-corrected chi connectivity index (χ2v) is 6.81. The summed E-state index contributed by atoms with van der Waals surface area (Å²) < 4.78 is 62.6. The maximum atomic E-state index is 11.3. The monoisotopic (exact) mass is 302 g/mol. The van der Waals surface area contributed by atoms with E-state index in [1.54, 1.807) is 18.2 Å². The second kappa shape index (κ2) is 4.57. The average molecular weight is 302 g/mol. The molecule has 0 radical (unpaired) electrons. The van der Waals surface area contributed by atoms with E-state index in [0.29, 0.717) is 10.8 Å². The minimum absolute atomic E-state index is 0.150. The predicted molar refractivity (Wildman–Crippen MR) is 69.0 cm³/mol. The molecule has 0 spiro atoms. The van der Waals surface area contributed by atoms with Crippen LogP contribution in [0.25, 0.3) is 10.8 Å². The standard InChI is InChI=1S/C11H10O6S2/c12-18(13,14)7-10-9-4-2-1-3-8(9)5-6-11(10)19(15,16)17/h1-6H,7H2,(H,12,13,14)(H,15,16,17). The molecular formula is C11H10O6S2. The zero-order valence-corrected chi connectivity index (χ0v) is 11.1. The Labute approximate surface area is 110 Å². The molecular weight excluding hydrogens is 292 g/mol. The molecule has 0 aliphatic rings. The lowest BCUT2D eigenvalue weighted by molar-refractivity contribution is 0.479. The van der Waals surface area contributed by atoms with Gasteiger partial charge in [0.15, 0.2) is 0 Å². The van der Waals surface area contributed by atoms with E-state index in [-0.39, 0.29) is 5.56 Å². The smallest absolute Gasteiger partial charge is 0.285 e. The Balaban J connectivity index is 2.87. The van der Waals surface area contributed by atoms with Gasteiger partial charge in [-0.05, 0) is 22.4 Å². The Morgan fingerprint density at radius 1 is 0.895 bits per heavy atom. The van der Waals surface area contributed by atoms with E-state index in [0.717, 1.165) is 6.07 Å². The zero-order valence-electron chi connectivity index (χ0n) is 9.52. The van der Waals surface area contributed by atoms with Gasteiger partial charge in [-0.3, -0.25) is 9.11 Å². The summed E-state index contributed by atoms with van der Waals surface area (Å²) in [6, 6.07) is 9.04. The van der Waals surface area contributed by atoms with Crippen LogP contribution in [0.15, 0.2) is 41.3 Å². The fourth-order valence-electron chi connectivity index (χ4n) is 1.89. The van der Waals surface area contributed by atoms with Crippen LogP contribution in [-0.4, -0.2) is 25.9 Å². The van der Waals surface area contributed by atoms with Crippen molar-refractivity contribution >= 4 is 31.0 Å². The minimum Gasteiger partial charge on any atom is -0.285 e. The van der Waals surface area contributed by atoms with Crippen molar-refractivity contribution in [3.63, 3.8) is 0 Å². The Hall–Kier alpha value is -1.48. The predicted octanol–water partition coefficient (Wildman–Crippen LogP) is 1.47. The van der Waals surface area contributed by atoms with Crippen LogP contribution < -0.4 is 0 Å². The van der Waals surface area contributed by atoms with Crippen LogP contribution in [0.5, 0.6) is 0 Å². The molecule has 0 fully saturated rings. The minimum atomic E-state index is -4.57. The normalized spacial score (nSPS) is 12.7. The molecule has 0 bridgehead atoms. The Morgan fingerprint density at radius 3 is 2.11 bits per heavy atom. The van der Waals surface area contributed by atoms with Crippen LogP contribution in [-0.2, 0) is 26.0 Å². The summed E-state index contributed by atoms with van der Waals surface area (Å²) in [7, 11) is -9.00. The number of fused-ring (bicyclic) bond motifs is 1. The lowest BCUT2D eigenvalue weighted by Crippen LogP contribution is -2.09. The van der Waals surface area contributed by atoms with Crippen molar-refractivity contribution in [1.82, 2.24) is 0 Å². The third kappa shape index (κ3) is 3.10. The molecule has 0 aliphatic heterocycles. The molecule has 2 N–H and O–H groups in total. The lowest BCUT2D eigenvalue weighted by Gasteiger charge is -2.09. The van der Waals surface area contributed by atoms with Gasteiger partial charge in [0.25, 0.3) is 20.2 Å². The van der Waals surface area contributed by atoms with Crippen molar-refractivity contribution < 1.29 is 25.9 Å². The van der Waals surface area contributed by atoms with E-state index in [2.05, 4.69) is 0 Å². The van der Waals surface area contributed by atoms with Crippen molar-refractivity contribution in [2.24, 2.45) is 0 Å². The SMILES string of the molecule is O=S(=O)(O)Cc1c(S(=O)(=O)O)ccc2ccccc12. The van der Waals surface area contributed by atoms with E-state index in [4.69, 9.17) is 9.11 Å². The molecule has 8 heteroatoms. The highest BCUT2D eigenvalue weighted by molar-refractivity contribution is 7.86. The van der Waals surface area contributed by atoms with Crippen LogP contribution in [0, 0.1) is 0 Å². The Morgan fingerprint density at radius 2 is 1.53 bits per heavy atom. The third-order valence-corrected chi connectivity index (χ3v) is 4.19. The summed E-state index contributed by atoms with van der Waals surface area (Å²) in [6.07, 6.45) is 0. The molecule has 0 saturated heterocycles. The van der Waals surface area contributed by atoms with Gasteiger partial charge in [-0.25, -0.2) is 0 Å². The van der Waals surface area contributed by atoms with E-state index in [9.17, 15) is 16.8 Å². The van der Waals surface area contributed by atoms with Gasteiger partial charge in [0.2, 0.25) is 0 Å². The molecule has 2 aromatic carbocycles. The van der Waals surface area contributed by atoms with Gasteiger partial charge in [0.1, 0.15) is 5.75 Å². The van der Waals surface area contributed by atoms with Crippen molar-refractivity contribution in [2.45, 2.75) is 10.6 Å². The van der Waals surface area contributed by atoms with E-state index in [1.807, 2.05) is 0 Å². The summed E-state index contributed by atoms with van der Waals surface area (Å²) >= 11 is 0. The van der Waals surface area contributed by atoms with Crippen molar-refractivity contribution in [3.05, 3.63) is 42.0 Å². The van der Waals surface area contributed by atoms with Crippen LogP contribution in [0.1, 0.15) is 5.56 Å². The Kier molecular flexibility index (Phi) is 3.35. The highest BCUT2D eigenvalue weighted by Crippen LogP contribution is 2.27. The first kappa shape index (κ1) is 13.9. The number of hydrogen-bond acceptors (Lipinski definition) is 4. The number of benzene rings is 2. The summed E-state index contributed by atoms with van der Waals surface area (Å²) in [5, 5.41) is 0.948. The van der Waals surface area contributed by atoms with Gasteiger partial charge < -0.3 is 0 Å². The van der Waals surface area contributed by atoms with Crippen LogP contribution in [0.2, 0.25) is 0 Å². The fraction of sp³-hybridized carbons (Fsp3) is 0.0909. The van der Waals surface area contributed by atoms with Gasteiger partial charge in [-0.2, -0.15) is 16.8 Å². The lowest BCUT2D eigenvalue weighted by atomic mass is 10.1. The third-order valence-electron chi connectivity index (χ3n) is 2.60. The van der Waals surface area contributed by atoms with E-state index < -0.39 is 30.9 Å². The van der Waals surface area contributed by atoms with Gasteiger partial charge in [-0.15, -0.1) is 0 Å². The molecule has 0 atom stereocenters. The maximum absolute atomic E-state index is 11.3.